The molecule has 0 aliphatic carbocycles. The fraction of sp³-hybridized carbons (Fsp3) is 0.824. The van der Waals surface area contributed by atoms with Crippen molar-refractivity contribution in [1.29, 1.82) is 0 Å². The van der Waals surface area contributed by atoms with Gasteiger partial charge in [-0.05, 0) is 45.2 Å². The van der Waals surface area contributed by atoms with Crippen LogP contribution in [-0.2, 0) is 9.47 Å². The number of likely N-dealkylation sites (tertiary alicyclic amines) is 1. The first kappa shape index (κ1) is 19.0. The molecule has 0 saturated carbocycles. The fourth-order valence-corrected chi connectivity index (χ4v) is 2.62. The molecule has 0 aromatic carbocycles. The molecule has 1 fully saturated rings. The third-order valence-electron chi connectivity index (χ3n) is 4.00. The first-order valence-corrected chi connectivity index (χ1v) is 8.54. The number of nitrogens with zero attached hydrogens (tertiary/aromatic N) is 1. The highest BCUT2D eigenvalue weighted by atomic mass is 16.5. The molecule has 0 bridgehead atoms. The minimum Gasteiger partial charge on any atom is -0.453 e. The Balaban J connectivity index is 1.87. The lowest BCUT2D eigenvalue weighted by Crippen LogP contribution is -2.40. The van der Waals surface area contributed by atoms with Gasteiger partial charge in [-0.15, -0.1) is 6.58 Å². The van der Waals surface area contributed by atoms with E-state index in [9.17, 15) is 4.79 Å². The van der Waals surface area contributed by atoms with E-state index in [0.717, 1.165) is 58.5 Å². The van der Waals surface area contributed by atoms with Crippen molar-refractivity contribution in [2.75, 3.05) is 39.9 Å². The smallest absolute Gasteiger partial charge is 0.409 e. The first-order chi connectivity index (χ1) is 10.8. The van der Waals surface area contributed by atoms with Gasteiger partial charge in [0, 0.05) is 19.7 Å². The Bertz CT molecular complexity index is 302. The second-order valence-electron chi connectivity index (χ2n) is 5.77. The summed E-state index contributed by atoms with van der Waals surface area (Å²) in [7, 11) is 1.43. The molecule has 128 valence electrons. The van der Waals surface area contributed by atoms with Crippen LogP contribution in [-0.4, -0.2) is 57.0 Å². The Labute approximate surface area is 135 Å². The van der Waals surface area contributed by atoms with E-state index < -0.39 is 0 Å². The van der Waals surface area contributed by atoms with E-state index in [1.165, 1.54) is 26.4 Å². The van der Waals surface area contributed by atoms with E-state index >= 15 is 0 Å². The van der Waals surface area contributed by atoms with Gasteiger partial charge in [0.25, 0.3) is 0 Å². The molecule has 5 heteroatoms. The number of unbranched alkanes of at least 4 members (excludes halogenated alkanes) is 3. The van der Waals surface area contributed by atoms with Crippen LogP contribution in [0.5, 0.6) is 0 Å². The standard InChI is InChI=1S/C17H32N2O3/c1-3-4-11-18-12-7-5-6-8-15-22-16-9-13-19(14-10-16)17(20)21-2/h3,16,18H,1,4-15H2,2H3. The molecule has 0 aromatic rings. The number of nitrogens with one attached hydrogen (secondary N) is 1. The molecule has 1 saturated heterocycles. The molecular weight excluding hydrogens is 280 g/mol. The summed E-state index contributed by atoms with van der Waals surface area (Å²) in [6.07, 6.45) is 9.75. The molecule has 0 unspecified atom stereocenters. The zero-order valence-electron chi connectivity index (χ0n) is 14.0. The fourth-order valence-electron chi connectivity index (χ4n) is 2.62. The molecule has 1 rings (SSSR count). The van der Waals surface area contributed by atoms with Crippen LogP contribution in [0.3, 0.4) is 0 Å². The summed E-state index contributed by atoms with van der Waals surface area (Å²) >= 11 is 0. The average molecular weight is 312 g/mol. The number of ether oxygens (including phenoxy) is 2. The zero-order valence-corrected chi connectivity index (χ0v) is 14.0. The van der Waals surface area contributed by atoms with Gasteiger partial charge in [0.1, 0.15) is 0 Å². The molecule has 0 spiro atoms. The van der Waals surface area contributed by atoms with Gasteiger partial charge < -0.3 is 19.7 Å². The van der Waals surface area contributed by atoms with Crippen LogP contribution in [0.1, 0.15) is 44.9 Å². The number of methoxy groups -OCH3 is 1. The molecule has 1 heterocycles. The summed E-state index contributed by atoms with van der Waals surface area (Å²) < 4.78 is 10.6. The highest BCUT2D eigenvalue weighted by Gasteiger charge is 2.23. The van der Waals surface area contributed by atoms with Crippen LogP contribution in [0, 0.1) is 0 Å². The van der Waals surface area contributed by atoms with Crippen LogP contribution in [0.4, 0.5) is 4.79 Å². The topological polar surface area (TPSA) is 50.8 Å². The number of carbonyl (C=O) groups is 1. The van der Waals surface area contributed by atoms with E-state index in [0.29, 0.717) is 6.10 Å². The van der Waals surface area contributed by atoms with Crippen molar-refractivity contribution in [3.05, 3.63) is 12.7 Å². The Hall–Kier alpha value is -1.07. The number of piperidine rings is 1. The Morgan fingerprint density at radius 3 is 2.64 bits per heavy atom. The lowest BCUT2D eigenvalue weighted by molar-refractivity contribution is 0.00655. The summed E-state index contributed by atoms with van der Waals surface area (Å²) in [5, 5.41) is 3.40. The molecule has 1 aliphatic rings. The van der Waals surface area contributed by atoms with Gasteiger partial charge in [0.15, 0.2) is 0 Å². The normalized spacial score (nSPS) is 15.8. The monoisotopic (exact) mass is 312 g/mol. The highest BCUT2D eigenvalue weighted by Crippen LogP contribution is 2.15. The van der Waals surface area contributed by atoms with E-state index in [2.05, 4.69) is 11.9 Å². The van der Waals surface area contributed by atoms with Gasteiger partial charge >= 0.3 is 6.09 Å². The summed E-state index contributed by atoms with van der Waals surface area (Å²) in [6.45, 7) is 8.17. The first-order valence-electron chi connectivity index (χ1n) is 8.54. The summed E-state index contributed by atoms with van der Waals surface area (Å²) in [5.41, 5.74) is 0. The van der Waals surface area contributed by atoms with Crippen molar-refractivity contribution in [1.82, 2.24) is 10.2 Å². The molecule has 1 aliphatic heterocycles. The zero-order chi connectivity index (χ0) is 16.0. The molecule has 1 amide bonds. The molecule has 1 N–H and O–H groups in total. The Kier molecular flexibility index (Phi) is 10.8. The quantitative estimate of drug-likeness (QED) is 0.471. The van der Waals surface area contributed by atoms with E-state index in [1.807, 2.05) is 6.08 Å². The number of hydrogen-bond acceptors (Lipinski definition) is 4. The lowest BCUT2D eigenvalue weighted by atomic mass is 10.1. The van der Waals surface area contributed by atoms with Gasteiger partial charge in [-0.25, -0.2) is 4.79 Å². The Morgan fingerprint density at radius 1 is 1.23 bits per heavy atom. The van der Waals surface area contributed by atoms with E-state index in [4.69, 9.17) is 9.47 Å². The maximum absolute atomic E-state index is 11.4. The van der Waals surface area contributed by atoms with Crippen molar-refractivity contribution in [3.8, 4) is 0 Å². The summed E-state index contributed by atoms with van der Waals surface area (Å²) in [5.74, 6) is 0. The number of amides is 1. The summed E-state index contributed by atoms with van der Waals surface area (Å²) in [6, 6.07) is 0. The third-order valence-corrected chi connectivity index (χ3v) is 4.00. The average Bonchev–Trinajstić information content (AvgIpc) is 2.56. The predicted octanol–water partition coefficient (Wildman–Crippen LogP) is 2.96. The van der Waals surface area contributed by atoms with Crippen molar-refractivity contribution in [2.45, 2.75) is 51.0 Å². The minimum atomic E-state index is -0.222. The Morgan fingerprint density at radius 2 is 1.95 bits per heavy atom. The van der Waals surface area contributed by atoms with Crippen LogP contribution in [0.2, 0.25) is 0 Å². The predicted molar refractivity (Wildman–Crippen MR) is 89.1 cm³/mol. The second-order valence-corrected chi connectivity index (χ2v) is 5.77. The lowest BCUT2D eigenvalue weighted by Gasteiger charge is -2.30. The van der Waals surface area contributed by atoms with Crippen molar-refractivity contribution >= 4 is 6.09 Å². The van der Waals surface area contributed by atoms with Crippen molar-refractivity contribution in [3.63, 3.8) is 0 Å². The van der Waals surface area contributed by atoms with Crippen molar-refractivity contribution < 1.29 is 14.3 Å². The maximum Gasteiger partial charge on any atom is 0.409 e. The molecule has 0 atom stereocenters. The minimum absolute atomic E-state index is 0.222. The summed E-state index contributed by atoms with van der Waals surface area (Å²) in [4.78, 5) is 13.1. The van der Waals surface area contributed by atoms with Gasteiger partial charge in [-0.1, -0.05) is 18.9 Å². The van der Waals surface area contributed by atoms with Crippen LogP contribution in [0.15, 0.2) is 12.7 Å². The highest BCUT2D eigenvalue weighted by molar-refractivity contribution is 5.67. The maximum atomic E-state index is 11.4. The number of hydrogen-bond donors (Lipinski definition) is 1. The second kappa shape index (κ2) is 12.5. The number of rotatable bonds is 11. The molecule has 0 radical (unpaired) electrons. The van der Waals surface area contributed by atoms with Gasteiger partial charge in [0.05, 0.1) is 13.2 Å². The van der Waals surface area contributed by atoms with Crippen LogP contribution >= 0.6 is 0 Å². The van der Waals surface area contributed by atoms with E-state index in [-0.39, 0.29) is 6.09 Å². The van der Waals surface area contributed by atoms with Gasteiger partial charge in [0.2, 0.25) is 0 Å². The largest absolute Gasteiger partial charge is 0.453 e. The van der Waals surface area contributed by atoms with Gasteiger partial charge in [-0.2, -0.15) is 0 Å². The molecule has 22 heavy (non-hydrogen) atoms. The van der Waals surface area contributed by atoms with E-state index in [1.54, 1.807) is 4.90 Å². The molecular formula is C17H32N2O3. The third kappa shape index (κ3) is 8.39. The SMILES string of the molecule is C=CCCNCCCCCCOC1CCN(C(=O)OC)CC1. The number of carbonyl (C=O) groups excluding carboxylic acids is 1. The molecule has 5 nitrogen and oxygen atoms in total. The van der Waals surface area contributed by atoms with Gasteiger partial charge in [-0.3, -0.25) is 0 Å². The van der Waals surface area contributed by atoms with Crippen LogP contribution in [0.25, 0.3) is 0 Å². The van der Waals surface area contributed by atoms with Crippen molar-refractivity contribution in [2.24, 2.45) is 0 Å². The van der Waals surface area contributed by atoms with Crippen LogP contribution < -0.4 is 5.32 Å². The molecule has 0 aromatic heterocycles.